The minimum absolute atomic E-state index is 0.227. The maximum absolute atomic E-state index is 12.1. The lowest BCUT2D eigenvalue weighted by atomic mass is 10.2. The van der Waals surface area contributed by atoms with Crippen LogP contribution in [-0.4, -0.2) is 21.1 Å². The molecular weight excluding hydrogens is 242 g/mol. The van der Waals surface area contributed by atoms with Crippen LogP contribution in [0.3, 0.4) is 0 Å². The van der Waals surface area contributed by atoms with Gasteiger partial charge in [0, 0.05) is 6.20 Å². The Morgan fingerprint density at radius 3 is 2.95 bits per heavy atom. The van der Waals surface area contributed by atoms with Crippen LogP contribution in [0.5, 0.6) is 0 Å². The Balaban J connectivity index is 2.16. The number of nitrogens with one attached hydrogen (secondary N) is 2. The molecule has 0 unspecified atom stereocenters. The fraction of sp³-hybridized carbons (Fsp3) is 0.308. The normalized spacial score (nSPS) is 10.4. The van der Waals surface area contributed by atoms with Crippen LogP contribution >= 0.6 is 0 Å². The van der Waals surface area contributed by atoms with E-state index >= 15 is 0 Å². The van der Waals surface area contributed by atoms with Crippen molar-refractivity contribution in [3.8, 4) is 0 Å². The fourth-order valence-electron chi connectivity index (χ4n) is 1.81. The number of hydrogen-bond acceptors (Lipinski definition) is 4. The number of carbonyl (C=O) groups is 1. The zero-order valence-electron chi connectivity index (χ0n) is 11.0. The largest absolute Gasteiger partial charge is 0.395 e. The zero-order chi connectivity index (χ0) is 13.8. The number of aryl methyl sites for hydroxylation is 2. The van der Waals surface area contributed by atoms with Crippen molar-refractivity contribution < 1.29 is 4.79 Å². The van der Waals surface area contributed by atoms with Crippen LogP contribution in [0.1, 0.15) is 35.1 Å². The van der Waals surface area contributed by atoms with Gasteiger partial charge in [-0.25, -0.2) is 0 Å². The number of rotatable bonds is 4. The summed E-state index contributed by atoms with van der Waals surface area (Å²) in [6, 6.07) is 1.83. The average molecular weight is 259 g/mol. The van der Waals surface area contributed by atoms with Crippen molar-refractivity contribution in [3.63, 3.8) is 0 Å². The summed E-state index contributed by atoms with van der Waals surface area (Å²) in [5.41, 5.74) is 8.95. The number of H-pyrrole nitrogens is 1. The van der Waals surface area contributed by atoms with E-state index in [1.165, 1.54) is 0 Å². The summed E-state index contributed by atoms with van der Waals surface area (Å²) in [4.78, 5) is 16.1. The number of nitrogens with two attached hydrogens (primary N) is 1. The van der Waals surface area contributed by atoms with Crippen molar-refractivity contribution in [2.45, 2.75) is 26.7 Å². The standard InChI is InChI=1S/C13H17N5O/c1-3-4-10-11(14)12(18-17-10)13(19)16-9-5-8(2)6-15-7-9/h5-7H,3-4,14H2,1-2H3,(H,16,19)(H,17,18). The molecule has 0 fully saturated rings. The topological polar surface area (TPSA) is 96.7 Å². The molecule has 100 valence electrons. The van der Waals surface area contributed by atoms with E-state index in [0.717, 1.165) is 24.1 Å². The molecule has 6 heteroatoms. The third-order valence-corrected chi connectivity index (χ3v) is 2.73. The van der Waals surface area contributed by atoms with Gasteiger partial charge in [0.15, 0.2) is 5.69 Å². The first-order valence-electron chi connectivity index (χ1n) is 6.17. The summed E-state index contributed by atoms with van der Waals surface area (Å²) in [6.07, 6.45) is 5.02. The van der Waals surface area contributed by atoms with Crippen LogP contribution in [0.25, 0.3) is 0 Å². The highest BCUT2D eigenvalue weighted by Gasteiger charge is 2.16. The number of pyridine rings is 1. The molecule has 19 heavy (non-hydrogen) atoms. The Morgan fingerprint density at radius 2 is 2.26 bits per heavy atom. The van der Waals surface area contributed by atoms with Crippen molar-refractivity contribution >= 4 is 17.3 Å². The molecule has 2 aromatic heterocycles. The molecule has 0 aliphatic heterocycles. The molecule has 0 saturated carbocycles. The summed E-state index contributed by atoms with van der Waals surface area (Å²) in [5.74, 6) is -0.330. The number of aromatic nitrogens is 3. The minimum atomic E-state index is -0.330. The van der Waals surface area contributed by atoms with Gasteiger partial charge < -0.3 is 11.1 Å². The predicted molar refractivity (Wildman–Crippen MR) is 73.9 cm³/mol. The number of nitrogen functional groups attached to an aromatic ring is 1. The second-order valence-electron chi connectivity index (χ2n) is 4.42. The Bertz CT molecular complexity index is 590. The number of aromatic amines is 1. The third-order valence-electron chi connectivity index (χ3n) is 2.73. The van der Waals surface area contributed by atoms with Gasteiger partial charge in [-0.15, -0.1) is 0 Å². The lowest BCUT2D eigenvalue weighted by molar-refractivity contribution is 0.102. The highest BCUT2D eigenvalue weighted by atomic mass is 16.2. The highest BCUT2D eigenvalue weighted by Crippen LogP contribution is 2.17. The SMILES string of the molecule is CCCc1[nH]nc(C(=O)Nc2cncc(C)c2)c1N. The Hall–Kier alpha value is -2.37. The van der Waals surface area contributed by atoms with Crippen LogP contribution in [0.2, 0.25) is 0 Å². The Labute approximate surface area is 111 Å². The van der Waals surface area contributed by atoms with Gasteiger partial charge in [0.2, 0.25) is 0 Å². The summed E-state index contributed by atoms with van der Waals surface area (Å²) < 4.78 is 0. The second kappa shape index (κ2) is 5.51. The smallest absolute Gasteiger partial charge is 0.278 e. The van der Waals surface area contributed by atoms with Gasteiger partial charge in [0.05, 0.1) is 23.3 Å². The van der Waals surface area contributed by atoms with E-state index in [0.29, 0.717) is 11.4 Å². The number of hydrogen-bond donors (Lipinski definition) is 3. The summed E-state index contributed by atoms with van der Waals surface area (Å²) >= 11 is 0. The molecule has 0 aliphatic carbocycles. The van der Waals surface area contributed by atoms with Gasteiger partial charge in [-0.05, 0) is 25.0 Å². The van der Waals surface area contributed by atoms with Gasteiger partial charge in [0.25, 0.3) is 5.91 Å². The number of nitrogens with zero attached hydrogens (tertiary/aromatic N) is 2. The molecule has 4 N–H and O–H groups in total. The number of carbonyl (C=O) groups excluding carboxylic acids is 1. The fourth-order valence-corrected chi connectivity index (χ4v) is 1.81. The van der Waals surface area contributed by atoms with E-state index in [2.05, 4.69) is 20.5 Å². The average Bonchev–Trinajstić information content (AvgIpc) is 2.72. The lowest BCUT2D eigenvalue weighted by Gasteiger charge is -2.04. The van der Waals surface area contributed by atoms with E-state index in [1.807, 2.05) is 19.9 Å². The molecule has 0 bridgehead atoms. The summed E-state index contributed by atoms with van der Waals surface area (Å²) in [6.45, 7) is 3.95. The molecule has 6 nitrogen and oxygen atoms in total. The molecular formula is C13H17N5O. The van der Waals surface area contributed by atoms with Gasteiger partial charge >= 0.3 is 0 Å². The molecule has 2 rings (SSSR count). The van der Waals surface area contributed by atoms with E-state index in [4.69, 9.17) is 5.73 Å². The van der Waals surface area contributed by atoms with E-state index in [1.54, 1.807) is 12.4 Å². The first kappa shape index (κ1) is 13.1. The van der Waals surface area contributed by atoms with Gasteiger partial charge in [0.1, 0.15) is 0 Å². The van der Waals surface area contributed by atoms with Crippen molar-refractivity contribution in [2.24, 2.45) is 0 Å². The lowest BCUT2D eigenvalue weighted by Crippen LogP contribution is -2.14. The van der Waals surface area contributed by atoms with Crippen LogP contribution in [-0.2, 0) is 6.42 Å². The molecule has 0 radical (unpaired) electrons. The molecule has 0 saturated heterocycles. The van der Waals surface area contributed by atoms with Crippen LogP contribution in [0.15, 0.2) is 18.5 Å². The van der Waals surface area contributed by atoms with Gasteiger partial charge in [-0.1, -0.05) is 13.3 Å². The molecule has 1 amide bonds. The molecule has 2 aromatic rings. The third kappa shape index (κ3) is 2.90. The number of amides is 1. The molecule has 0 atom stereocenters. The molecule has 0 aliphatic rings. The Morgan fingerprint density at radius 1 is 1.47 bits per heavy atom. The first-order chi connectivity index (χ1) is 9.11. The van der Waals surface area contributed by atoms with Gasteiger partial charge in [-0.3, -0.25) is 14.9 Å². The van der Waals surface area contributed by atoms with E-state index < -0.39 is 0 Å². The summed E-state index contributed by atoms with van der Waals surface area (Å²) in [7, 11) is 0. The molecule has 2 heterocycles. The molecule has 0 spiro atoms. The first-order valence-corrected chi connectivity index (χ1v) is 6.17. The quantitative estimate of drug-likeness (QED) is 0.781. The van der Waals surface area contributed by atoms with E-state index in [9.17, 15) is 4.79 Å². The maximum atomic E-state index is 12.1. The zero-order valence-corrected chi connectivity index (χ0v) is 11.0. The van der Waals surface area contributed by atoms with Crippen LogP contribution in [0.4, 0.5) is 11.4 Å². The van der Waals surface area contributed by atoms with Crippen molar-refractivity contribution in [3.05, 3.63) is 35.4 Å². The summed E-state index contributed by atoms with van der Waals surface area (Å²) in [5, 5.41) is 9.50. The minimum Gasteiger partial charge on any atom is -0.395 e. The highest BCUT2D eigenvalue weighted by molar-refractivity contribution is 6.06. The Kier molecular flexibility index (Phi) is 3.79. The van der Waals surface area contributed by atoms with Gasteiger partial charge in [-0.2, -0.15) is 5.10 Å². The van der Waals surface area contributed by atoms with Crippen LogP contribution in [0, 0.1) is 6.92 Å². The maximum Gasteiger partial charge on any atom is 0.278 e. The van der Waals surface area contributed by atoms with Crippen LogP contribution < -0.4 is 11.1 Å². The monoisotopic (exact) mass is 259 g/mol. The van der Waals surface area contributed by atoms with Crippen molar-refractivity contribution in [2.75, 3.05) is 11.1 Å². The van der Waals surface area contributed by atoms with E-state index in [-0.39, 0.29) is 11.6 Å². The second-order valence-corrected chi connectivity index (χ2v) is 4.42. The molecule has 0 aromatic carbocycles. The van der Waals surface area contributed by atoms with Crippen molar-refractivity contribution in [1.82, 2.24) is 15.2 Å². The van der Waals surface area contributed by atoms with Crippen molar-refractivity contribution in [1.29, 1.82) is 0 Å². The predicted octanol–water partition coefficient (Wildman–Crippen LogP) is 1.90. The number of anilines is 2.